The number of carbonyl (C=O) groups is 6. The normalized spacial score (nSPS) is 22.8. The number of carbonyl (C=O) groups excluding carboxylic acids is 6. The van der Waals surface area contributed by atoms with Crippen molar-refractivity contribution in [3.63, 3.8) is 0 Å². The van der Waals surface area contributed by atoms with Gasteiger partial charge in [-0.3, -0.25) is 28.6 Å². The fraction of sp³-hybridized carbons (Fsp3) is 0.500. The van der Waals surface area contributed by atoms with E-state index in [-0.39, 0.29) is 29.9 Å². The van der Waals surface area contributed by atoms with Crippen LogP contribution in [0.25, 0.3) is 11.0 Å². The third-order valence-corrected chi connectivity index (χ3v) is 10.0. The third kappa shape index (κ3) is 9.51. The highest BCUT2D eigenvalue weighted by molar-refractivity contribution is 6.01. The minimum atomic E-state index is -4.91. The van der Waals surface area contributed by atoms with E-state index < -0.39 is 83.8 Å². The van der Waals surface area contributed by atoms with Gasteiger partial charge in [-0.2, -0.15) is 18.4 Å². The molecule has 2 fully saturated rings. The Labute approximate surface area is 340 Å². The molecular formula is C38H42F3N7O12. The zero-order valence-electron chi connectivity index (χ0n) is 33.5. The molecule has 0 N–H and O–H groups in total. The molecule has 0 bridgehead atoms. The topological polar surface area (TPSA) is 222 Å². The highest BCUT2D eigenvalue weighted by atomic mass is 19.4. The van der Waals surface area contributed by atoms with Crippen LogP contribution in [0.3, 0.4) is 0 Å². The van der Waals surface area contributed by atoms with Crippen molar-refractivity contribution in [2.45, 2.75) is 83.5 Å². The van der Waals surface area contributed by atoms with Gasteiger partial charge in [-0.1, -0.05) is 6.92 Å². The molecule has 2 aliphatic rings. The molecule has 22 heteroatoms. The fourth-order valence-electron chi connectivity index (χ4n) is 7.11. The molecule has 4 heterocycles. The van der Waals surface area contributed by atoms with Crippen LogP contribution in [-0.4, -0.2) is 126 Å². The minimum absolute atomic E-state index is 0.0752. The molecule has 3 aromatic rings. The maximum atomic E-state index is 14.3. The van der Waals surface area contributed by atoms with Gasteiger partial charge in [-0.15, -0.1) is 0 Å². The van der Waals surface area contributed by atoms with E-state index in [9.17, 15) is 41.9 Å². The predicted molar refractivity (Wildman–Crippen MR) is 199 cm³/mol. The molecular weight excluding hydrogens is 803 g/mol. The van der Waals surface area contributed by atoms with E-state index in [4.69, 9.17) is 33.7 Å². The minimum Gasteiger partial charge on any atom is -0.467 e. The molecule has 1 aromatic carbocycles. The summed E-state index contributed by atoms with van der Waals surface area (Å²) in [5.74, 6) is -4.35. The Hall–Kier alpha value is -6.50. The average molecular weight is 846 g/mol. The van der Waals surface area contributed by atoms with Gasteiger partial charge >= 0.3 is 36.1 Å². The molecule has 2 saturated heterocycles. The number of piperidine rings is 1. The zero-order chi connectivity index (χ0) is 44.2. The molecule has 19 nitrogen and oxygen atoms in total. The second kappa shape index (κ2) is 18.2. The molecule has 2 aromatic heterocycles. The molecule has 0 radical (unpaired) electrons. The highest BCUT2D eigenvalue weighted by Gasteiger charge is 2.56. The molecule has 2 aliphatic heterocycles. The largest absolute Gasteiger partial charge is 0.467 e. The highest BCUT2D eigenvalue weighted by Crippen LogP contribution is 2.40. The Balaban J connectivity index is 1.54. The monoisotopic (exact) mass is 845 g/mol. The van der Waals surface area contributed by atoms with Crippen molar-refractivity contribution in [2.75, 3.05) is 44.1 Å². The Morgan fingerprint density at radius 2 is 1.62 bits per heavy atom. The van der Waals surface area contributed by atoms with Crippen LogP contribution in [-0.2, 0) is 53.8 Å². The molecule has 5 rings (SSSR count). The number of ether oxygens (including phenoxy) is 6. The van der Waals surface area contributed by atoms with Crippen LogP contribution < -0.4 is 14.5 Å². The number of likely N-dealkylation sites (tertiary alicyclic amines) is 1. The van der Waals surface area contributed by atoms with Crippen molar-refractivity contribution >= 4 is 58.4 Å². The zero-order valence-corrected chi connectivity index (χ0v) is 33.5. The molecule has 0 saturated carbocycles. The third-order valence-electron chi connectivity index (χ3n) is 10.0. The summed E-state index contributed by atoms with van der Waals surface area (Å²) in [6.07, 6.45) is -11.1. The number of hydrogen-bond acceptors (Lipinski definition) is 16. The summed E-state index contributed by atoms with van der Waals surface area (Å²) in [5.41, 5.74) is -1.61. The summed E-state index contributed by atoms with van der Waals surface area (Å²) in [7, 11) is 3.89. The summed E-state index contributed by atoms with van der Waals surface area (Å²) < 4.78 is 76.2. The number of anilines is 2. The van der Waals surface area contributed by atoms with Gasteiger partial charge in [0.05, 0.1) is 35.9 Å². The summed E-state index contributed by atoms with van der Waals surface area (Å²) in [6.45, 7) is 5.73. The van der Waals surface area contributed by atoms with Crippen molar-refractivity contribution in [3.05, 3.63) is 42.4 Å². The van der Waals surface area contributed by atoms with Gasteiger partial charge in [0.25, 0.3) is 0 Å². The number of alkyl halides is 3. The number of aromatic nitrogens is 3. The van der Waals surface area contributed by atoms with E-state index in [1.54, 1.807) is 18.0 Å². The first-order chi connectivity index (χ1) is 28.3. The van der Waals surface area contributed by atoms with E-state index in [2.05, 4.69) is 9.97 Å². The van der Waals surface area contributed by atoms with E-state index in [0.29, 0.717) is 42.8 Å². The van der Waals surface area contributed by atoms with Crippen molar-refractivity contribution in [1.29, 1.82) is 5.26 Å². The number of hydrogen-bond donors (Lipinski definition) is 0. The number of esters is 4. The van der Waals surface area contributed by atoms with E-state index in [0.717, 1.165) is 50.5 Å². The predicted octanol–water partition coefficient (Wildman–Crippen LogP) is 3.21. The lowest BCUT2D eigenvalue weighted by atomic mass is 9.92. The number of nitriles is 1. The fourth-order valence-corrected chi connectivity index (χ4v) is 7.11. The Kier molecular flexibility index (Phi) is 13.5. The number of fused-ring (bicyclic) bond motifs is 1. The summed E-state index contributed by atoms with van der Waals surface area (Å²) in [6, 6.07) is 4.37. The number of likely N-dealkylation sites (N-methyl/N-ethyl adjacent to an activating group) is 1. The maximum absolute atomic E-state index is 14.3. The van der Waals surface area contributed by atoms with Gasteiger partial charge in [0.2, 0.25) is 18.3 Å². The van der Waals surface area contributed by atoms with Crippen molar-refractivity contribution < 1.29 is 70.4 Å². The first kappa shape index (κ1) is 44.6. The Morgan fingerprint density at radius 3 is 2.23 bits per heavy atom. The Morgan fingerprint density at radius 1 is 0.967 bits per heavy atom. The smallest absolute Gasteiger partial charge is 0.416 e. The van der Waals surface area contributed by atoms with Crippen molar-refractivity contribution in [3.8, 4) is 11.8 Å². The molecule has 60 heavy (non-hydrogen) atoms. The van der Waals surface area contributed by atoms with Crippen molar-refractivity contribution in [1.82, 2.24) is 19.4 Å². The van der Waals surface area contributed by atoms with Crippen molar-refractivity contribution in [2.24, 2.45) is 5.92 Å². The second-order valence-electron chi connectivity index (χ2n) is 14.0. The number of rotatable bonds is 10. The Bertz CT molecular complexity index is 2190. The van der Waals surface area contributed by atoms with Gasteiger partial charge < -0.3 is 38.2 Å². The lowest BCUT2D eigenvalue weighted by molar-refractivity contribution is -0.282. The van der Waals surface area contributed by atoms with Gasteiger partial charge in [-0.05, 0) is 36.6 Å². The van der Waals surface area contributed by atoms with Crippen LogP contribution in [0.1, 0.15) is 46.1 Å². The molecule has 322 valence electrons. The average Bonchev–Trinajstić information content (AvgIpc) is 3.63. The molecule has 0 spiro atoms. The summed E-state index contributed by atoms with van der Waals surface area (Å²) in [5, 5.41) is 9.44. The standard InChI is InChI=1S/C38H42F3N7O12/c1-19-11-14-47(28(52)10-13-42)17-26(19)45(5)33-24-12-15-48(34(24)44-18-43-33)37(54)46(6)25-16-23(38(39,40)41)8-9-27(25)59-36-32(58-22(4)51)30(57-21(3)50)29(56-20(2)49)31(60-36)35(53)55-7/h8-9,12,15-16,18-19,26,29-32,36H,10-11,14,17H2,1-7H3/t19-,26+,29+,30+,31+,32-,36-/m1/s1. The maximum Gasteiger partial charge on any atom is 0.416 e. The molecule has 0 aliphatic carbocycles. The number of methoxy groups -OCH3 is 1. The van der Waals surface area contributed by atoms with Gasteiger partial charge in [-0.25, -0.2) is 19.6 Å². The lowest BCUT2D eigenvalue weighted by Gasteiger charge is -2.43. The first-order valence-corrected chi connectivity index (χ1v) is 18.4. The van der Waals surface area contributed by atoms with Crippen LogP contribution >= 0.6 is 0 Å². The lowest BCUT2D eigenvalue weighted by Crippen LogP contribution is -2.64. The van der Waals surface area contributed by atoms with Gasteiger partial charge in [0.1, 0.15) is 24.3 Å². The van der Waals surface area contributed by atoms with Gasteiger partial charge in [0.15, 0.2) is 24.0 Å². The summed E-state index contributed by atoms with van der Waals surface area (Å²) >= 11 is 0. The summed E-state index contributed by atoms with van der Waals surface area (Å²) in [4.78, 5) is 89.5. The number of amides is 2. The molecule has 7 atom stereocenters. The number of benzene rings is 1. The second-order valence-corrected chi connectivity index (χ2v) is 14.0. The van der Waals surface area contributed by atoms with Crippen LogP contribution in [0, 0.1) is 17.2 Å². The van der Waals surface area contributed by atoms with Crippen LogP contribution in [0.4, 0.5) is 29.5 Å². The number of nitrogens with zero attached hydrogens (tertiary/aromatic N) is 7. The van der Waals surface area contributed by atoms with Crippen LogP contribution in [0.15, 0.2) is 36.8 Å². The molecule has 2 amide bonds. The van der Waals surface area contributed by atoms with E-state index >= 15 is 0 Å². The quantitative estimate of drug-likeness (QED) is 0.211. The number of halogens is 3. The SMILES string of the molecule is COC(=O)[C@H]1O[C@@H](Oc2ccc(C(F)(F)F)cc2N(C)C(=O)n2ccc3c(N(C)[C@H]4CN(C(=O)CC#N)CC[C@H]4C)ncnc32)[C@H](OC(C)=O)[C@@H](OC(C)=O)[C@@H]1OC(C)=O. The van der Waals surface area contributed by atoms with E-state index in [1.807, 2.05) is 17.9 Å². The first-order valence-electron chi connectivity index (χ1n) is 18.4. The molecule has 0 unspecified atom stereocenters. The van der Waals surface area contributed by atoms with Gasteiger partial charge in [0, 0.05) is 54.2 Å². The van der Waals surface area contributed by atoms with Crippen LogP contribution in [0.2, 0.25) is 0 Å². The van der Waals surface area contributed by atoms with Crippen LogP contribution in [0.5, 0.6) is 5.75 Å². The van der Waals surface area contributed by atoms with E-state index in [1.165, 1.54) is 12.5 Å².